The van der Waals surface area contributed by atoms with Crippen LogP contribution in [0.15, 0.2) is 40.9 Å². The van der Waals surface area contributed by atoms with Crippen LogP contribution in [0.5, 0.6) is 11.5 Å². The summed E-state index contributed by atoms with van der Waals surface area (Å²) < 4.78 is 24.7. The maximum absolute atomic E-state index is 13.3. The number of ether oxygens (including phenoxy) is 2. The van der Waals surface area contributed by atoms with Crippen LogP contribution in [0.4, 0.5) is 4.39 Å². The fourth-order valence-electron chi connectivity index (χ4n) is 2.28. The van der Waals surface area contributed by atoms with Crippen molar-refractivity contribution in [1.82, 2.24) is 5.32 Å². The average molecular weight is 354 g/mol. The van der Waals surface area contributed by atoms with E-state index in [1.54, 1.807) is 20.3 Å². The zero-order chi connectivity index (χ0) is 15.4. The molecule has 0 heterocycles. The van der Waals surface area contributed by atoms with Gasteiger partial charge in [-0.05, 0) is 42.9 Å². The summed E-state index contributed by atoms with van der Waals surface area (Å²) in [6, 6.07) is 10.1. The molecular formula is C16H17BrFNO2. The molecule has 0 aliphatic carbocycles. The van der Waals surface area contributed by atoms with E-state index >= 15 is 0 Å². The second kappa shape index (κ2) is 6.91. The molecule has 0 bridgehead atoms. The maximum Gasteiger partial charge on any atom is 0.124 e. The van der Waals surface area contributed by atoms with E-state index in [-0.39, 0.29) is 11.9 Å². The molecular weight excluding hydrogens is 337 g/mol. The molecule has 0 amide bonds. The molecule has 2 rings (SSSR count). The van der Waals surface area contributed by atoms with Gasteiger partial charge in [-0.3, -0.25) is 0 Å². The van der Waals surface area contributed by atoms with Crippen molar-refractivity contribution in [3.8, 4) is 11.5 Å². The highest BCUT2D eigenvalue weighted by Crippen LogP contribution is 2.35. The Labute approximate surface area is 132 Å². The Morgan fingerprint density at radius 2 is 1.81 bits per heavy atom. The Balaban J connectivity index is 2.54. The summed E-state index contributed by atoms with van der Waals surface area (Å²) in [5.74, 6) is 1.20. The zero-order valence-corrected chi connectivity index (χ0v) is 13.7. The summed E-state index contributed by atoms with van der Waals surface area (Å²) in [4.78, 5) is 0. The molecule has 0 aliphatic rings. The van der Waals surface area contributed by atoms with Crippen LogP contribution in [0.2, 0.25) is 0 Å². The number of benzene rings is 2. The van der Waals surface area contributed by atoms with Gasteiger partial charge in [0.1, 0.15) is 17.3 Å². The predicted octanol–water partition coefficient (Wildman–Crippen LogP) is 3.91. The fourth-order valence-corrected chi connectivity index (χ4v) is 2.86. The minimum Gasteiger partial charge on any atom is -0.497 e. The third-order valence-electron chi connectivity index (χ3n) is 3.31. The molecule has 0 saturated heterocycles. The molecule has 112 valence electrons. The van der Waals surface area contributed by atoms with Gasteiger partial charge in [-0.1, -0.05) is 22.0 Å². The third kappa shape index (κ3) is 3.36. The molecule has 5 heteroatoms. The van der Waals surface area contributed by atoms with E-state index < -0.39 is 0 Å². The summed E-state index contributed by atoms with van der Waals surface area (Å²) in [5.41, 5.74) is 1.84. The Morgan fingerprint density at radius 1 is 1.05 bits per heavy atom. The van der Waals surface area contributed by atoms with Crippen molar-refractivity contribution >= 4 is 15.9 Å². The van der Waals surface area contributed by atoms with Crippen molar-refractivity contribution in [3.05, 3.63) is 57.8 Å². The SMILES string of the molecule is CNC(c1ccc(F)cc1Br)c1cc(OC)ccc1OC. The summed E-state index contributed by atoms with van der Waals surface area (Å²) in [7, 11) is 5.09. The molecule has 1 unspecified atom stereocenters. The lowest BCUT2D eigenvalue weighted by atomic mass is 9.97. The van der Waals surface area contributed by atoms with Gasteiger partial charge in [-0.25, -0.2) is 4.39 Å². The van der Waals surface area contributed by atoms with Gasteiger partial charge >= 0.3 is 0 Å². The Hall–Kier alpha value is -1.59. The number of nitrogens with one attached hydrogen (secondary N) is 1. The second-order valence-electron chi connectivity index (χ2n) is 4.50. The number of halogens is 2. The molecule has 0 saturated carbocycles. The number of hydrogen-bond donors (Lipinski definition) is 1. The lowest BCUT2D eigenvalue weighted by Crippen LogP contribution is -2.19. The summed E-state index contributed by atoms with van der Waals surface area (Å²) in [6.07, 6.45) is 0. The largest absolute Gasteiger partial charge is 0.497 e. The predicted molar refractivity (Wildman–Crippen MR) is 84.5 cm³/mol. The molecule has 1 N–H and O–H groups in total. The van der Waals surface area contributed by atoms with E-state index in [1.807, 2.05) is 25.2 Å². The van der Waals surface area contributed by atoms with Gasteiger partial charge in [-0.2, -0.15) is 0 Å². The van der Waals surface area contributed by atoms with E-state index in [1.165, 1.54) is 12.1 Å². The Kier molecular flexibility index (Phi) is 5.20. The van der Waals surface area contributed by atoms with E-state index in [2.05, 4.69) is 21.2 Å². The van der Waals surface area contributed by atoms with E-state index in [4.69, 9.17) is 9.47 Å². The monoisotopic (exact) mass is 353 g/mol. The first kappa shape index (κ1) is 15.8. The van der Waals surface area contributed by atoms with E-state index in [9.17, 15) is 4.39 Å². The maximum atomic E-state index is 13.3. The summed E-state index contributed by atoms with van der Waals surface area (Å²) >= 11 is 3.42. The smallest absolute Gasteiger partial charge is 0.124 e. The number of rotatable bonds is 5. The quantitative estimate of drug-likeness (QED) is 0.883. The van der Waals surface area contributed by atoms with Crippen LogP contribution >= 0.6 is 15.9 Å². The number of hydrogen-bond acceptors (Lipinski definition) is 3. The summed E-state index contributed by atoms with van der Waals surface area (Å²) in [5, 5.41) is 3.23. The molecule has 0 fully saturated rings. The van der Waals surface area contributed by atoms with Crippen molar-refractivity contribution < 1.29 is 13.9 Å². The molecule has 2 aromatic carbocycles. The van der Waals surface area contributed by atoms with Gasteiger partial charge in [0.25, 0.3) is 0 Å². The normalized spacial score (nSPS) is 12.0. The highest BCUT2D eigenvalue weighted by molar-refractivity contribution is 9.10. The fraction of sp³-hybridized carbons (Fsp3) is 0.250. The van der Waals surface area contributed by atoms with Crippen LogP contribution in [0.25, 0.3) is 0 Å². The molecule has 21 heavy (non-hydrogen) atoms. The molecule has 3 nitrogen and oxygen atoms in total. The van der Waals surface area contributed by atoms with Gasteiger partial charge < -0.3 is 14.8 Å². The lowest BCUT2D eigenvalue weighted by molar-refractivity contribution is 0.395. The van der Waals surface area contributed by atoms with Gasteiger partial charge in [0.05, 0.1) is 20.3 Å². The Morgan fingerprint density at radius 3 is 2.38 bits per heavy atom. The van der Waals surface area contributed by atoms with Crippen molar-refractivity contribution in [3.63, 3.8) is 0 Å². The first-order valence-electron chi connectivity index (χ1n) is 6.44. The third-order valence-corrected chi connectivity index (χ3v) is 4.00. The Bertz CT molecular complexity index is 634. The van der Waals surface area contributed by atoms with Crippen LogP contribution in [0, 0.1) is 5.82 Å². The van der Waals surface area contributed by atoms with Crippen LogP contribution in [0.3, 0.4) is 0 Å². The minimum absolute atomic E-state index is 0.148. The first-order chi connectivity index (χ1) is 10.1. The average Bonchev–Trinajstić information content (AvgIpc) is 2.49. The van der Waals surface area contributed by atoms with E-state index in [0.29, 0.717) is 4.47 Å². The topological polar surface area (TPSA) is 30.5 Å². The van der Waals surface area contributed by atoms with Crippen molar-refractivity contribution in [2.75, 3.05) is 21.3 Å². The zero-order valence-electron chi connectivity index (χ0n) is 12.1. The standard InChI is InChI=1S/C16H17BrFNO2/c1-19-16(12-6-4-10(18)8-14(12)17)13-9-11(20-2)5-7-15(13)21-3/h4-9,16,19H,1-3H3. The van der Waals surface area contributed by atoms with Crippen LogP contribution in [-0.4, -0.2) is 21.3 Å². The van der Waals surface area contributed by atoms with Gasteiger partial charge in [0, 0.05) is 10.0 Å². The van der Waals surface area contributed by atoms with Gasteiger partial charge in [0.15, 0.2) is 0 Å². The van der Waals surface area contributed by atoms with Crippen molar-refractivity contribution in [2.45, 2.75) is 6.04 Å². The molecule has 0 aromatic heterocycles. The van der Waals surface area contributed by atoms with Crippen LogP contribution in [0.1, 0.15) is 17.2 Å². The highest BCUT2D eigenvalue weighted by atomic mass is 79.9. The summed E-state index contributed by atoms with van der Waals surface area (Å²) in [6.45, 7) is 0. The number of methoxy groups -OCH3 is 2. The van der Waals surface area contributed by atoms with Crippen LogP contribution < -0.4 is 14.8 Å². The first-order valence-corrected chi connectivity index (χ1v) is 7.24. The van der Waals surface area contributed by atoms with E-state index in [0.717, 1.165) is 22.6 Å². The molecule has 0 radical (unpaired) electrons. The van der Waals surface area contributed by atoms with Gasteiger partial charge in [0.2, 0.25) is 0 Å². The molecule has 2 aromatic rings. The molecule has 0 spiro atoms. The van der Waals surface area contributed by atoms with Crippen molar-refractivity contribution in [2.24, 2.45) is 0 Å². The molecule has 0 aliphatic heterocycles. The van der Waals surface area contributed by atoms with Gasteiger partial charge in [-0.15, -0.1) is 0 Å². The lowest BCUT2D eigenvalue weighted by Gasteiger charge is -2.21. The highest BCUT2D eigenvalue weighted by Gasteiger charge is 2.20. The second-order valence-corrected chi connectivity index (χ2v) is 5.35. The van der Waals surface area contributed by atoms with Crippen molar-refractivity contribution in [1.29, 1.82) is 0 Å². The minimum atomic E-state index is -0.280. The van der Waals surface area contributed by atoms with Crippen LogP contribution in [-0.2, 0) is 0 Å². The molecule has 1 atom stereocenters.